The van der Waals surface area contributed by atoms with Crippen LogP contribution in [-0.4, -0.2) is 42.5 Å². The molecule has 0 aliphatic heterocycles. The molecule has 0 fully saturated rings. The molecule has 0 heterocycles. The SMILES string of the molecule is O=C(O)NCCCNCCO. The van der Waals surface area contributed by atoms with Crippen LogP contribution in [0.2, 0.25) is 0 Å². The van der Waals surface area contributed by atoms with E-state index >= 15 is 0 Å². The lowest BCUT2D eigenvalue weighted by atomic mass is 10.4. The van der Waals surface area contributed by atoms with Gasteiger partial charge in [-0.25, -0.2) is 4.79 Å². The highest BCUT2D eigenvalue weighted by Crippen LogP contribution is 1.72. The zero-order valence-electron chi connectivity index (χ0n) is 6.34. The van der Waals surface area contributed by atoms with E-state index in [4.69, 9.17) is 10.2 Å². The van der Waals surface area contributed by atoms with Crippen molar-refractivity contribution in [3.05, 3.63) is 0 Å². The Hall–Kier alpha value is -0.810. The zero-order chi connectivity index (χ0) is 8.53. The maximum atomic E-state index is 9.92. The van der Waals surface area contributed by atoms with Gasteiger partial charge in [-0.2, -0.15) is 0 Å². The van der Waals surface area contributed by atoms with Crippen molar-refractivity contribution >= 4 is 6.09 Å². The summed E-state index contributed by atoms with van der Waals surface area (Å²) in [6.45, 7) is 1.86. The second kappa shape index (κ2) is 7.30. The van der Waals surface area contributed by atoms with Gasteiger partial charge >= 0.3 is 6.09 Å². The van der Waals surface area contributed by atoms with Gasteiger partial charge in [-0.15, -0.1) is 0 Å². The van der Waals surface area contributed by atoms with E-state index in [2.05, 4.69) is 10.6 Å². The molecule has 0 aromatic carbocycles. The first-order valence-electron chi connectivity index (χ1n) is 3.55. The van der Waals surface area contributed by atoms with Gasteiger partial charge in [0.15, 0.2) is 0 Å². The second-order valence-electron chi connectivity index (χ2n) is 2.06. The van der Waals surface area contributed by atoms with Crippen LogP contribution in [0.15, 0.2) is 0 Å². The van der Waals surface area contributed by atoms with E-state index in [-0.39, 0.29) is 6.61 Å². The van der Waals surface area contributed by atoms with Crippen molar-refractivity contribution in [3.63, 3.8) is 0 Å². The van der Waals surface area contributed by atoms with Crippen molar-refractivity contribution in [3.8, 4) is 0 Å². The third-order valence-corrected chi connectivity index (χ3v) is 1.10. The monoisotopic (exact) mass is 162 g/mol. The molecule has 0 aromatic rings. The van der Waals surface area contributed by atoms with Crippen molar-refractivity contribution < 1.29 is 15.0 Å². The third kappa shape index (κ3) is 9.19. The second-order valence-corrected chi connectivity index (χ2v) is 2.06. The standard InChI is InChI=1S/C6H14N2O3/c9-5-4-7-2-1-3-8-6(10)11/h7-9H,1-5H2,(H,10,11). The quantitative estimate of drug-likeness (QED) is 0.386. The van der Waals surface area contributed by atoms with E-state index in [1.54, 1.807) is 0 Å². The summed E-state index contributed by atoms with van der Waals surface area (Å²) in [5.41, 5.74) is 0. The van der Waals surface area contributed by atoms with Gasteiger partial charge in [-0.05, 0) is 13.0 Å². The van der Waals surface area contributed by atoms with Gasteiger partial charge in [-0.1, -0.05) is 0 Å². The van der Waals surface area contributed by atoms with Crippen LogP contribution in [0.5, 0.6) is 0 Å². The average molecular weight is 162 g/mol. The van der Waals surface area contributed by atoms with Crippen molar-refractivity contribution in [2.75, 3.05) is 26.2 Å². The normalized spacial score (nSPS) is 9.55. The minimum absolute atomic E-state index is 0.117. The van der Waals surface area contributed by atoms with Gasteiger partial charge in [0, 0.05) is 13.1 Å². The molecule has 5 heteroatoms. The summed E-state index contributed by atoms with van der Waals surface area (Å²) < 4.78 is 0. The van der Waals surface area contributed by atoms with Crippen molar-refractivity contribution in [1.82, 2.24) is 10.6 Å². The predicted molar refractivity (Wildman–Crippen MR) is 40.6 cm³/mol. The molecule has 0 aromatic heterocycles. The Kier molecular flexibility index (Phi) is 6.76. The number of hydrogen-bond acceptors (Lipinski definition) is 3. The maximum absolute atomic E-state index is 9.92. The average Bonchev–Trinajstić information content (AvgIpc) is 1.96. The Bertz CT molecular complexity index is 108. The van der Waals surface area contributed by atoms with E-state index < -0.39 is 6.09 Å². The molecule has 4 N–H and O–H groups in total. The summed E-state index contributed by atoms with van der Waals surface area (Å²) >= 11 is 0. The van der Waals surface area contributed by atoms with Gasteiger partial charge in [0.2, 0.25) is 0 Å². The fourth-order valence-corrected chi connectivity index (χ4v) is 0.613. The lowest BCUT2D eigenvalue weighted by Gasteiger charge is -2.01. The Morgan fingerprint density at radius 3 is 2.55 bits per heavy atom. The summed E-state index contributed by atoms with van der Waals surface area (Å²) in [5, 5.41) is 21.6. The first-order valence-corrected chi connectivity index (χ1v) is 3.55. The van der Waals surface area contributed by atoms with Crippen LogP contribution in [0.1, 0.15) is 6.42 Å². The van der Waals surface area contributed by atoms with Crippen LogP contribution < -0.4 is 10.6 Å². The largest absolute Gasteiger partial charge is 0.465 e. The molecule has 11 heavy (non-hydrogen) atoms. The van der Waals surface area contributed by atoms with E-state index in [1.807, 2.05) is 0 Å². The molecule has 0 aliphatic rings. The Morgan fingerprint density at radius 1 is 1.27 bits per heavy atom. The van der Waals surface area contributed by atoms with E-state index in [0.29, 0.717) is 13.1 Å². The van der Waals surface area contributed by atoms with E-state index in [9.17, 15) is 4.79 Å². The number of nitrogens with one attached hydrogen (secondary N) is 2. The summed E-state index contributed by atoms with van der Waals surface area (Å²) in [6, 6.07) is 0. The lowest BCUT2D eigenvalue weighted by molar-refractivity contribution is 0.194. The maximum Gasteiger partial charge on any atom is 0.404 e. The number of carbonyl (C=O) groups is 1. The molecule has 0 bridgehead atoms. The molecule has 0 atom stereocenters. The van der Waals surface area contributed by atoms with Crippen LogP contribution in [-0.2, 0) is 0 Å². The van der Waals surface area contributed by atoms with Gasteiger partial charge < -0.3 is 20.8 Å². The van der Waals surface area contributed by atoms with Crippen molar-refractivity contribution in [2.24, 2.45) is 0 Å². The number of rotatable bonds is 6. The number of aliphatic hydroxyl groups is 1. The Balaban J connectivity index is 2.85. The lowest BCUT2D eigenvalue weighted by Crippen LogP contribution is -2.26. The highest BCUT2D eigenvalue weighted by Gasteiger charge is 1.91. The molecule has 5 nitrogen and oxygen atoms in total. The smallest absolute Gasteiger partial charge is 0.404 e. The fraction of sp³-hybridized carbons (Fsp3) is 0.833. The molecule has 0 radical (unpaired) electrons. The highest BCUT2D eigenvalue weighted by molar-refractivity contribution is 5.64. The Morgan fingerprint density at radius 2 is 2.00 bits per heavy atom. The van der Waals surface area contributed by atoms with Gasteiger partial charge in [-0.3, -0.25) is 0 Å². The summed E-state index contributed by atoms with van der Waals surface area (Å²) in [7, 11) is 0. The minimum atomic E-state index is -0.993. The van der Waals surface area contributed by atoms with Crippen molar-refractivity contribution in [2.45, 2.75) is 6.42 Å². The minimum Gasteiger partial charge on any atom is -0.465 e. The van der Waals surface area contributed by atoms with Crippen molar-refractivity contribution in [1.29, 1.82) is 0 Å². The summed E-state index contributed by atoms with van der Waals surface area (Å²) in [4.78, 5) is 9.92. The third-order valence-electron chi connectivity index (χ3n) is 1.10. The van der Waals surface area contributed by atoms with Crippen LogP contribution in [0, 0.1) is 0 Å². The molecular formula is C6H14N2O3. The van der Waals surface area contributed by atoms with Crippen LogP contribution in [0.4, 0.5) is 4.79 Å². The number of hydrogen-bond donors (Lipinski definition) is 4. The molecular weight excluding hydrogens is 148 g/mol. The highest BCUT2D eigenvalue weighted by atomic mass is 16.4. The van der Waals surface area contributed by atoms with Crippen LogP contribution >= 0.6 is 0 Å². The first-order chi connectivity index (χ1) is 5.27. The molecule has 1 amide bonds. The van der Waals surface area contributed by atoms with Gasteiger partial charge in [0.25, 0.3) is 0 Å². The van der Waals surface area contributed by atoms with Crippen LogP contribution in [0.25, 0.3) is 0 Å². The molecule has 66 valence electrons. The van der Waals surface area contributed by atoms with Crippen LogP contribution in [0.3, 0.4) is 0 Å². The fourth-order valence-electron chi connectivity index (χ4n) is 0.613. The zero-order valence-corrected chi connectivity index (χ0v) is 6.34. The topological polar surface area (TPSA) is 81.6 Å². The van der Waals surface area contributed by atoms with Gasteiger partial charge in [0.05, 0.1) is 6.61 Å². The molecule has 0 unspecified atom stereocenters. The number of carboxylic acid groups (broad SMARTS) is 1. The van der Waals surface area contributed by atoms with Gasteiger partial charge in [0.1, 0.15) is 0 Å². The molecule has 0 aliphatic carbocycles. The molecule has 0 spiro atoms. The summed E-state index contributed by atoms with van der Waals surface area (Å²) in [6.07, 6.45) is -0.251. The number of amides is 1. The predicted octanol–water partition coefficient (Wildman–Crippen LogP) is -0.774. The molecule has 0 rings (SSSR count). The molecule has 0 saturated carbocycles. The summed E-state index contributed by atoms with van der Waals surface area (Å²) in [5.74, 6) is 0. The molecule has 0 saturated heterocycles. The van der Waals surface area contributed by atoms with E-state index in [0.717, 1.165) is 13.0 Å². The number of aliphatic hydroxyl groups excluding tert-OH is 1. The first kappa shape index (κ1) is 10.2. The van der Waals surface area contributed by atoms with E-state index in [1.165, 1.54) is 0 Å². The Labute approximate surface area is 65.4 Å².